The van der Waals surface area contributed by atoms with Crippen molar-refractivity contribution in [3.63, 3.8) is 0 Å². The second-order valence-corrected chi connectivity index (χ2v) is 6.82. The third-order valence-electron chi connectivity index (χ3n) is 4.25. The maximum Gasteiger partial charge on any atom is 0.0603 e. The molecule has 1 aliphatic carbocycles. The summed E-state index contributed by atoms with van der Waals surface area (Å²) >= 11 is 4.49. The summed E-state index contributed by atoms with van der Waals surface area (Å²) in [4.78, 5) is 0. The highest BCUT2D eigenvalue weighted by Crippen LogP contribution is 2.26. The van der Waals surface area contributed by atoms with Crippen LogP contribution < -0.4 is 10.6 Å². The van der Waals surface area contributed by atoms with Crippen LogP contribution in [0.3, 0.4) is 0 Å². The summed E-state index contributed by atoms with van der Waals surface area (Å²) in [6.07, 6.45) is 11.8. The predicted octanol–water partition coefficient (Wildman–Crippen LogP) is 2.94. The van der Waals surface area contributed by atoms with Gasteiger partial charge in [0, 0.05) is 17.8 Å². The van der Waals surface area contributed by atoms with Gasteiger partial charge in [0.15, 0.2) is 0 Å². The van der Waals surface area contributed by atoms with Crippen LogP contribution in [-0.4, -0.2) is 24.0 Å². The second kappa shape index (κ2) is 7.01. The minimum Gasteiger partial charge on any atom is -0.300 e. The van der Waals surface area contributed by atoms with Gasteiger partial charge in [0.2, 0.25) is 0 Å². The molecule has 3 unspecified atom stereocenters. The Labute approximate surface area is 112 Å². The molecule has 0 aromatic rings. The highest BCUT2D eigenvalue weighted by atomic mass is 32.1. The predicted molar refractivity (Wildman–Crippen MR) is 77.6 cm³/mol. The fourth-order valence-corrected chi connectivity index (χ4v) is 3.58. The molecule has 1 aliphatic heterocycles. The molecule has 2 rings (SSSR count). The molecule has 17 heavy (non-hydrogen) atoms. The first kappa shape index (κ1) is 13.7. The molecule has 100 valence electrons. The first-order valence-electron chi connectivity index (χ1n) is 7.43. The molecule has 0 amide bonds. The molecular formula is C14H28N2S. The van der Waals surface area contributed by atoms with Crippen LogP contribution in [0.1, 0.15) is 58.3 Å². The first-order chi connectivity index (χ1) is 8.25. The van der Waals surface area contributed by atoms with Crippen molar-refractivity contribution < 1.29 is 0 Å². The van der Waals surface area contributed by atoms with E-state index in [-0.39, 0.29) is 0 Å². The van der Waals surface area contributed by atoms with Gasteiger partial charge in [-0.15, -0.1) is 0 Å². The lowest BCUT2D eigenvalue weighted by Gasteiger charge is -2.26. The molecule has 2 fully saturated rings. The number of hydrogen-bond donors (Lipinski definition) is 3. The van der Waals surface area contributed by atoms with Crippen LogP contribution in [-0.2, 0) is 0 Å². The van der Waals surface area contributed by atoms with Gasteiger partial charge in [-0.05, 0) is 25.2 Å². The number of hydrogen-bond acceptors (Lipinski definition) is 3. The van der Waals surface area contributed by atoms with Crippen LogP contribution in [0.2, 0.25) is 0 Å². The van der Waals surface area contributed by atoms with Crippen LogP contribution in [0, 0.1) is 5.92 Å². The van der Waals surface area contributed by atoms with Gasteiger partial charge in [-0.3, -0.25) is 5.32 Å². The van der Waals surface area contributed by atoms with Crippen molar-refractivity contribution in [3.05, 3.63) is 0 Å². The Morgan fingerprint density at radius 1 is 1.12 bits per heavy atom. The van der Waals surface area contributed by atoms with Gasteiger partial charge < -0.3 is 5.32 Å². The van der Waals surface area contributed by atoms with Crippen molar-refractivity contribution in [3.8, 4) is 0 Å². The molecule has 0 aromatic heterocycles. The van der Waals surface area contributed by atoms with E-state index in [0.717, 1.165) is 12.5 Å². The van der Waals surface area contributed by atoms with Crippen molar-refractivity contribution >= 4 is 12.6 Å². The van der Waals surface area contributed by atoms with E-state index < -0.39 is 0 Å². The maximum atomic E-state index is 4.49. The van der Waals surface area contributed by atoms with Crippen LogP contribution in [0.4, 0.5) is 0 Å². The van der Waals surface area contributed by atoms with Gasteiger partial charge in [0.25, 0.3) is 0 Å². The zero-order valence-corrected chi connectivity index (χ0v) is 12.0. The molecule has 0 radical (unpaired) electrons. The van der Waals surface area contributed by atoms with E-state index in [2.05, 4.69) is 30.2 Å². The Morgan fingerprint density at radius 3 is 2.41 bits per heavy atom. The SMILES string of the molecule is CC(S)CC1CNC(C2CCCCCCC2)N1. The summed E-state index contributed by atoms with van der Waals surface area (Å²) in [7, 11) is 0. The number of rotatable bonds is 3. The first-order valence-corrected chi connectivity index (χ1v) is 7.95. The van der Waals surface area contributed by atoms with Crippen LogP contribution >= 0.6 is 12.6 Å². The lowest BCUT2D eigenvalue weighted by molar-refractivity contribution is 0.281. The Balaban J connectivity index is 1.77. The fourth-order valence-electron chi connectivity index (χ4n) is 3.33. The summed E-state index contributed by atoms with van der Waals surface area (Å²) in [5.41, 5.74) is 0. The van der Waals surface area contributed by atoms with Crippen molar-refractivity contribution in [1.82, 2.24) is 10.6 Å². The van der Waals surface area contributed by atoms with E-state index in [1.807, 2.05) is 0 Å². The van der Waals surface area contributed by atoms with Crippen molar-refractivity contribution in [2.45, 2.75) is 75.7 Å². The summed E-state index contributed by atoms with van der Waals surface area (Å²) in [5, 5.41) is 7.97. The highest BCUT2D eigenvalue weighted by molar-refractivity contribution is 7.80. The quantitative estimate of drug-likeness (QED) is 0.676. The monoisotopic (exact) mass is 256 g/mol. The smallest absolute Gasteiger partial charge is 0.0603 e. The third-order valence-corrected chi connectivity index (χ3v) is 4.46. The molecule has 1 heterocycles. The largest absolute Gasteiger partial charge is 0.300 e. The molecule has 2 aliphatic rings. The second-order valence-electron chi connectivity index (χ2n) is 5.94. The Morgan fingerprint density at radius 2 is 1.76 bits per heavy atom. The van der Waals surface area contributed by atoms with E-state index in [0.29, 0.717) is 17.5 Å². The molecule has 3 atom stereocenters. The summed E-state index contributed by atoms with van der Waals surface area (Å²) in [6, 6.07) is 0.637. The van der Waals surface area contributed by atoms with Crippen LogP contribution in [0.25, 0.3) is 0 Å². The third kappa shape index (κ3) is 4.46. The van der Waals surface area contributed by atoms with Gasteiger partial charge in [-0.25, -0.2) is 0 Å². The molecule has 3 heteroatoms. The Hall–Kier alpha value is 0.270. The van der Waals surface area contributed by atoms with Gasteiger partial charge in [-0.2, -0.15) is 12.6 Å². The van der Waals surface area contributed by atoms with Gasteiger partial charge in [0.1, 0.15) is 0 Å². The van der Waals surface area contributed by atoms with Gasteiger partial charge >= 0.3 is 0 Å². The van der Waals surface area contributed by atoms with Crippen molar-refractivity contribution in [2.75, 3.05) is 6.54 Å². The molecule has 0 spiro atoms. The maximum absolute atomic E-state index is 4.49. The molecule has 2 N–H and O–H groups in total. The number of thiol groups is 1. The van der Waals surface area contributed by atoms with Gasteiger partial charge in [-0.1, -0.05) is 39.0 Å². The normalized spacial score (nSPS) is 34.2. The average molecular weight is 256 g/mol. The molecule has 1 saturated heterocycles. The van der Waals surface area contributed by atoms with Crippen molar-refractivity contribution in [2.24, 2.45) is 5.92 Å². The summed E-state index contributed by atoms with van der Waals surface area (Å²) in [6.45, 7) is 3.32. The Bertz CT molecular complexity index is 212. The lowest BCUT2D eigenvalue weighted by Crippen LogP contribution is -2.41. The van der Waals surface area contributed by atoms with E-state index >= 15 is 0 Å². The minimum atomic E-state index is 0.505. The molecule has 1 saturated carbocycles. The zero-order chi connectivity index (χ0) is 12.1. The lowest BCUT2D eigenvalue weighted by atomic mass is 9.89. The number of nitrogens with one attached hydrogen (secondary N) is 2. The standard InChI is InChI=1S/C14H28N2S/c1-11(17)9-13-10-15-14(16-13)12-7-5-3-2-4-6-8-12/h11-17H,2-10H2,1H3. The van der Waals surface area contributed by atoms with E-state index in [4.69, 9.17) is 0 Å². The molecule has 2 nitrogen and oxygen atoms in total. The van der Waals surface area contributed by atoms with Crippen molar-refractivity contribution in [1.29, 1.82) is 0 Å². The van der Waals surface area contributed by atoms with Gasteiger partial charge in [0.05, 0.1) is 6.17 Å². The van der Waals surface area contributed by atoms with Crippen LogP contribution in [0.15, 0.2) is 0 Å². The fraction of sp³-hybridized carbons (Fsp3) is 1.00. The van der Waals surface area contributed by atoms with E-state index in [1.165, 1.54) is 51.4 Å². The average Bonchev–Trinajstić information content (AvgIpc) is 2.64. The zero-order valence-electron chi connectivity index (χ0n) is 11.1. The summed E-state index contributed by atoms with van der Waals surface area (Å²) in [5.74, 6) is 0.857. The summed E-state index contributed by atoms with van der Waals surface area (Å²) < 4.78 is 0. The molecule has 0 bridgehead atoms. The Kier molecular flexibility index (Phi) is 5.64. The molecule has 0 aromatic carbocycles. The van der Waals surface area contributed by atoms with Crippen LogP contribution in [0.5, 0.6) is 0 Å². The molecular weight excluding hydrogens is 228 g/mol. The highest BCUT2D eigenvalue weighted by Gasteiger charge is 2.29. The minimum absolute atomic E-state index is 0.505. The van der Waals surface area contributed by atoms with E-state index in [1.54, 1.807) is 0 Å². The topological polar surface area (TPSA) is 24.1 Å². The van der Waals surface area contributed by atoms with E-state index in [9.17, 15) is 0 Å².